The smallest absolute Gasteiger partial charge is 0.230 e. The summed E-state index contributed by atoms with van der Waals surface area (Å²) in [4.78, 5) is 14.9. The number of likely N-dealkylation sites (tertiary alicyclic amines) is 1. The Morgan fingerprint density at radius 2 is 2.19 bits per heavy atom. The molecule has 2 aliphatic rings. The van der Waals surface area contributed by atoms with Crippen molar-refractivity contribution in [2.75, 3.05) is 26.2 Å². The van der Waals surface area contributed by atoms with Gasteiger partial charge in [0.2, 0.25) is 5.91 Å². The van der Waals surface area contributed by atoms with Crippen LogP contribution < -0.4 is 15.6 Å². The number of nitrogens with zero attached hydrogens (tertiary/aromatic N) is 5. The first kappa shape index (κ1) is 17.8. The number of halogens is 1. The number of hydrogen-bond acceptors (Lipinski definition) is 7. The summed E-state index contributed by atoms with van der Waals surface area (Å²) in [5, 5.41) is 11.2. The normalized spacial score (nSPS) is 25.5. The lowest BCUT2D eigenvalue weighted by Gasteiger charge is -2.34. The van der Waals surface area contributed by atoms with Crippen LogP contribution in [0.25, 0.3) is 0 Å². The first-order valence-electron chi connectivity index (χ1n) is 9.09. The Morgan fingerprint density at radius 3 is 2.96 bits per heavy atom. The molecule has 0 saturated carbocycles. The van der Waals surface area contributed by atoms with Gasteiger partial charge in [0, 0.05) is 25.6 Å². The van der Waals surface area contributed by atoms with Crippen molar-refractivity contribution < 1.29 is 13.9 Å². The fourth-order valence-corrected chi connectivity index (χ4v) is 3.64. The minimum atomic E-state index is -0.302. The minimum absolute atomic E-state index is 0.0829. The summed E-state index contributed by atoms with van der Waals surface area (Å²) in [6.07, 6.45) is 3.14. The summed E-state index contributed by atoms with van der Waals surface area (Å²) < 4.78 is 20.3. The van der Waals surface area contributed by atoms with Crippen molar-refractivity contribution in [3.63, 3.8) is 0 Å². The molecule has 0 bridgehead atoms. The molecular formula is C17H22FN7O2. The number of hydrazine groups is 1. The number of benzene rings is 1. The maximum Gasteiger partial charge on any atom is 0.230 e. The number of aromatic nitrogens is 4. The third-order valence-electron chi connectivity index (χ3n) is 5.05. The van der Waals surface area contributed by atoms with Crippen LogP contribution in [0.4, 0.5) is 4.39 Å². The van der Waals surface area contributed by atoms with E-state index < -0.39 is 0 Å². The Hall–Kier alpha value is -2.59. The number of carbonyl (C=O) groups excluding carboxylic acids is 1. The topological polar surface area (TPSA) is 97.2 Å². The molecule has 3 atom stereocenters. The van der Waals surface area contributed by atoms with Gasteiger partial charge in [-0.1, -0.05) is 0 Å². The molecule has 2 N–H and O–H groups in total. The molecule has 2 fully saturated rings. The summed E-state index contributed by atoms with van der Waals surface area (Å²) in [5.41, 5.74) is 6.08. The van der Waals surface area contributed by atoms with Crippen LogP contribution in [0.5, 0.6) is 5.75 Å². The molecule has 27 heavy (non-hydrogen) atoms. The van der Waals surface area contributed by atoms with Crippen LogP contribution in [0.2, 0.25) is 0 Å². The van der Waals surface area contributed by atoms with E-state index in [-0.39, 0.29) is 29.7 Å². The quantitative estimate of drug-likeness (QED) is 0.778. The SMILES string of the molecule is O=C(C1CNNC1n1cnnn1)N1CCCC(COc2ccc(F)cc2)C1. The van der Waals surface area contributed by atoms with Gasteiger partial charge in [-0.3, -0.25) is 10.2 Å². The molecule has 1 aromatic carbocycles. The van der Waals surface area contributed by atoms with E-state index in [2.05, 4.69) is 26.4 Å². The van der Waals surface area contributed by atoms with Crippen molar-refractivity contribution in [1.82, 2.24) is 36.0 Å². The van der Waals surface area contributed by atoms with Gasteiger partial charge >= 0.3 is 0 Å². The van der Waals surface area contributed by atoms with Crippen LogP contribution in [0, 0.1) is 17.7 Å². The monoisotopic (exact) mass is 375 g/mol. The summed E-state index contributed by atoms with van der Waals surface area (Å²) >= 11 is 0. The van der Waals surface area contributed by atoms with Gasteiger partial charge in [0.25, 0.3) is 0 Å². The first-order chi connectivity index (χ1) is 13.2. The van der Waals surface area contributed by atoms with E-state index in [0.717, 1.165) is 19.4 Å². The molecule has 1 amide bonds. The Bertz CT molecular complexity index is 755. The molecule has 10 heteroatoms. The Kier molecular flexibility index (Phi) is 5.26. The fraction of sp³-hybridized carbons (Fsp3) is 0.529. The van der Waals surface area contributed by atoms with Crippen LogP contribution in [0.1, 0.15) is 19.0 Å². The van der Waals surface area contributed by atoms with Crippen molar-refractivity contribution in [2.45, 2.75) is 19.0 Å². The molecule has 0 radical (unpaired) electrons. The highest BCUT2D eigenvalue weighted by Crippen LogP contribution is 2.24. The van der Waals surface area contributed by atoms with Gasteiger partial charge in [0.15, 0.2) is 0 Å². The second kappa shape index (κ2) is 7.97. The molecule has 3 heterocycles. The first-order valence-corrected chi connectivity index (χ1v) is 9.09. The minimum Gasteiger partial charge on any atom is -0.493 e. The van der Waals surface area contributed by atoms with Crippen LogP contribution in [0.15, 0.2) is 30.6 Å². The summed E-state index contributed by atoms with van der Waals surface area (Å²) in [5.74, 6) is 0.418. The zero-order valence-corrected chi connectivity index (χ0v) is 14.8. The number of piperidine rings is 1. The van der Waals surface area contributed by atoms with Gasteiger partial charge in [0.1, 0.15) is 24.1 Å². The largest absolute Gasteiger partial charge is 0.493 e. The van der Waals surface area contributed by atoms with Crippen molar-refractivity contribution in [1.29, 1.82) is 0 Å². The van der Waals surface area contributed by atoms with Gasteiger partial charge in [-0.05, 0) is 47.5 Å². The zero-order valence-electron chi connectivity index (χ0n) is 14.8. The highest BCUT2D eigenvalue weighted by atomic mass is 19.1. The van der Waals surface area contributed by atoms with Gasteiger partial charge in [-0.2, -0.15) is 0 Å². The Morgan fingerprint density at radius 1 is 1.33 bits per heavy atom. The molecule has 144 valence electrons. The maximum absolute atomic E-state index is 13.0. The molecule has 0 spiro atoms. The number of tetrazole rings is 1. The number of ether oxygens (including phenoxy) is 1. The summed E-state index contributed by atoms with van der Waals surface area (Å²) in [6, 6.07) is 6.00. The van der Waals surface area contributed by atoms with Crippen molar-refractivity contribution >= 4 is 5.91 Å². The number of carbonyl (C=O) groups is 1. The second-order valence-corrected chi connectivity index (χ2v) is 6.92. The highest BCUT2D eigenvalue weighted by molar-refractivity contribution is 5.80. The predicted molar refractivity (Wildman–Crippen MR) is 92.7 cm³/mol. The van der Waals surface area contributed by atoms with Gasteiger partial charge < -0.3 is 9.64 Å². The van der Waals surface area contributed by atoms with Crippen molar-refractivity contribution in [3.05, 3.63) is 36.4 Å². The Balaban J connectivity index is 1.34. The van der Waals surface area contributed by atoms with E-state index in [9.17, 15) is 9.18 Å². The molecule has 1 aromatic heterocycles. The maximum atomic E-state index is 13.0. The molecule has 4 rings (SSSR count). The van der Waals surface area contributed by atoms with E-state index >= 15 is 0 Å². The zero-order chi connectivity index (χ0) is 18.6. The molecule has 0 aliphatic carbocycles. The lowest BCUT2D eigenvalue weighted by molar-refractivity contribution is -0.138. The standard InChI is InChI=1S/C17H22FN7O2/c18-13-3-5-14(6-4-13)27-10-12-2-1-7-24(9-12)17(26)15-8-19-21-16(15)25-11-20-22-23-25/h3-6,11-12,15-16,19,21H,1-2,7-10H2. The predicted octanol–water partition coefficient (Wildman–Crippen LogP) is 0.352. The number of amides is 1. The molecule has 2 saturated heterocycles. The second-order valence-electron chi connectivity index (χ2n) is 6.92. The number of nitrogens with one attached hydrogen (secondary N) is 2. The Labute approximate surface area is 155 Å². The molecule has 2 aliphatic heterocycles. The van der Waals surface area contributed by atoms with E-state index in [1.165, 1.54) is 18.5 Å². The summed E-state index contributed by atoms with van der Waals surface area (Å²) in [6.45, 7) is 2.42. The molecule has 2 aromatic rings. The fourth-order valence-electron chi connectivity index (χ4n) is 3.64. The number of rotatable bonds is 5. The van der Waals surface area contributed by atoms with Crippen LogP contribution >= 0.6 is 0 Å². The number of hydrogen-bond donors (Lipinski definition) is 2. The highest BCUT2D eigenvalue weighted by Gasteiger charge is 2.38. The summed E-state index contributed by atoms with van der Waals surface area (Å²) in [7, 11) is 0. The van der Waals surface area contributed by atoms with E-state index in [4.69, 9.17) is 4.74 Å². The van der Waals surface area contributed by atoms with Crippen molar-refractivity contribution in [2.24, 2.45) is 11.8 Å². The third kappa shape index (κ3) is 4.06. The van der Waals surface area contributed by atoms with Crippen molar-refractivity contribution in [3.8, 4) is 5.75 Å². The van der Waals surface area contributed by atoms with Gasteiger partial charge in [-0.25, -0.2) is 14.5 Å². The van der Waals surface area contributed by atoms with Crippen LogP contribution in [0.3, 0.4) is 0 Å². The van der Waals surface area contributed by atoms with E-state index in [1.807, 2.05) is 4.90 Å². The van der Waals surface area contributed by atoms with E-state index in [1.54, 1.807) is 16.8 Å². The molecule has 9 nitrogen and oxygen atoms in total. The molecule has 3 unspecified atom stereocenters. The lowest BCUT2D eigenvalue weighted by atomic mass is 9.96. The lowest BCUT2D eigenvalue weighted by Crippen LogP contribution is -2.46. The average molecular weight is 375 g/mol. The average Bonchev–Trinajstić information content (AvgIpc) is 3.38. The van der Waals surface area contributed by atoms with Crippen LogP contribution in [-0.4, -0.2) is 57.3 Å². The van der Waals surface area contributed by atoms with Gasteiger partial charge in [-0.15, -0.1) is 5.10 Å². The third-order valence-corrected chi connectivity index (χ3v) is 5.05. The van der Waals surface area contributed by atoms with E-state index in [0.29, 0.717) is 25.4 Å². The van der Waals surface area contributed by atoms with Crippen LogP contribution in [-0.2, 0) is 4.79 Å². The van der Waals surface area contributed by atoms with Gasteiger partial charge in [0.05, 0.1) is 12.5 Å². The molecular weight excluding hydrogens is 353 g/mol.